The average Bonchev–Trinajstić information content (AvgIpc) is 2.48. The summed E-state index contributed by atoms with van der Waals surface area (Å²) in [5.41, 5.74) is 0.671. The Morgan fingerprint density at radius 2 is 2.55 bits per heavy atom. The predicted octanol–water partition coefficient (Wildman–Crippen LogP) is 1.35. The van der Waals surface area contributed by atoms with Gasteiger partial charge in [0.15, 0.2) is 0 Å². The topological polar surface area (TPSA) is 38.0 Å². The number of hydrogen-bond donors (Lipinski definition) is 0. The minimum Gasteiger partial charge on any atom is -0.361 e. The molecule has 1 aromatic rings. The molecule has 0 fully saturated rings. The third-order valence-electron chi connectivity index (χ3n) is 1.32. The van der Waals surface area contributed by atoms with Crippen LogP contribution >= 0.6 is 0 Å². The van der Waals surface area contributed by atoms with Crippen molar-refractivity contribution in [1.82, 2.24) is 4.57 Å². The lowest BCUT2D eigenvalue weighted by atomic mass is 10.4. The van der Waals surface area contributed by atoms with Crippen molar-refractivity contribution in [1.29, 1.82) is 5.26 Å². The van der Waals surface area contributed by atoms with Crippen molar-refractivity contribution >= 4 is 0 Å². The molecule has 0 aromatic carbocycles. The fourth-order valence-electron chi connectivity index (χ4n) is 0.784. The summed E-state index contributed by atoms with van der Waals surface area (Å²) >= 11 is 0. The van der Waals surface area contributed by atoms with Crippen molar-refractivity contribution in [2.45, 2.75) is 13.7 Å². The third kappa shape index (κ3) is 2.10. The van der Waals surface area contributed by atoms with Gasteiger partial charge in [0, 0.05) is 19.0 Å². The molecule has 0 spiro atoms. The van der Waals surface area contributed by atoms with Crippen LogP contribution in [0.25, 0.3) is 0 Å². The van der Waals surface area contributed by atoms with Crippen LogP contribution in [-0.2, 0) is 11.5 Å². The van der Waals surface area contributed by atoms with E-state index in [1.54, 1.807) is 12.3 Å². The molecule has 0 aliphatic carbocycles. The minimum absolute atomic E-state index is 0.526. The summed E-state index contributed by atoms with van der Waals surface area (Å²) in [6.07, 6.45) is 3.59. The number of ether oxygens (including phenoxy) is 1. The van der Waals surface area contributed by atoms with Gasteiger partial charge in [-0.2, -0.15) is 5.26 Å². The summed E-state index contributed by atoms with van der Waals surface area (Å²) in [6.45, 7) is 3.16. The number of hydrogen-bond acceptors (Lipinski definition) is 2. The molecule has 0 N–H and O–H groups in total. The summed E-state index contributed by atoms with van der Waals surface area (Å²) in [5, 5.41) is 8.47. The fourth-order valence-corrected chi connectivity index (χ4v) is 0.784. The second-order valence-corrected chi connectivity index (χ2v) is 2.15. The van der Waals surface area contributed by atoms with E-state index < -0.39 is 0 Å². The second kappa shape index (κ2) is 3.79. The van der Waals surface area contributed by atoms with Gasteiger partial charge in [0.05, 0.1) is 5.56 Å². The third-order valence-corrected chi connectivity index (χ3v) is 1.32. The second-order valence-electron chi connectivity index (χ2n) is 2.15. The Labute approximate surface area is 65.8 Å². The van der Waals surface area contributed by atoms with E-state index in [1.807, 2.05) is 23.8 Å². The van der Waals surface area contributed by atoms with E-state index in [2.05, 4.69) is 0 Å². The van der Waals surface area contributed by atoms with Crippen molar-refractivity contribution in [2.75, 3.05) is 6.61 Å². The van der Waals surface area contributed by atoms with Gasteiger partial charge >= 0.3 is 0 Å². The van der Waals surface area contributed by atoms with Gasteiger partial charge in [-0.1, -0.05) is 0 Å². The lowest BCUT2D eigenvalue weighted by Crippen LogP contribution is -1.98. The van der Waals surface area contributed by atoms with Gasteiger partial charge in [-0.15, -0.1) is 0 Å². The molecule has 0 atom stereocenters. The summed E-state index contributed by atoms with van der Waals surface area (Å²) in [5.74, 6) is 0. The number of nitrogens with zero attached hydrogens (tertiary/aromatic N) is 2. The number of nitriles is 1. The van der Waals surface area contributed by atoms with Gasteiger partial charge in [-0.3, -0.25) is 0 Å². The maximum absolute atomic E-state index is 8.47. The van der Waals surface area contributed by atoms with Crippen LogP contribution < -0.4 is 0 Å². The van der Waals surface area contributed by atoms with Crippen LogP contribution in [0.15, 0.2) is 18.5 Å². The predicted molar refractivity (Wildman–Crippen MR) is 40.8 cm³/mol. The first kappa shape index (κ1) is 7.83. The molecule has 11 heavy (non-hydrogen) atoms. The van der Waals surface area contributed by atoms with Gasteiger partial charge in [0.2, 0.25) is 0 Å². The molecule has 58 valence electrons. The Morgan fingerprint density at radius 1 is 1.73 bits per heavy atom. The van der Waals surface area contributed by atoms with Gasteiger partial charge in [0.1, 0.15) is 12.8 Å². The number of aromatic nitrogens is 1. The van der Waals surface area contributed by atoms with E-state index >= 15 is 0 Å². The van der Waals surface area contributed by atoms with E-state index in [9.17, 15) is 0 Å². The summed E-state index contributed by atoms with van der Waals surface area (Å²) < 4.78 is 6.97. The van der Waals surface area contributed by atoms with Crippen molar-refractivity contribution in [2.24, 2.45) is 0 Å². The lowest BCUT2D eigenvalue weighted by Gasteiger charge is -2.00. The average molecular weight is 150 g/mol. The van der Waals surface area contributed by atoms with Gasteiger partial charge < -0.3 is 9.30 Å². The first-order chi connectivity index (χ1) is 5.36. The Bertz CT molecular complexity index is 259. The van der Waals surface area contributed by atoms with Crippen molar-refractivity contribution in [3.63, 3.8) is 0 Å². The van der Waals surface area contributed by atoms with Crippen LogP contribution in [0.5, 0.6) is 0 Å². The minimum atomic E-state index is 0.526. The Hall–Kier alpha value is -1.27. The highest BCUT2D eigenvalue weighted by atomic mass is 16.5. The Morgan fingerprint density at radius 3 is 3.09 bits per heavy atom. The molecule has 0 amide bonds. The fraction of sp³-hybridized carbons (Fsp3) is 0.375. The summed E-state index contributed by atoms with van der Waals surface area (Å²) in [4.78, 5) is 0. The maximum atomic E-state index is 8.47. The van der Waals surface area contributed by atoms with Crippen LogP contribution in [0.3, 0.4) is 0 Å². The molecule has 0 unspecified atom stereocenters. The molecule has 1 heterocycles. The zero-order valence-electron chi connectivity index (χ0n) is 6.45. The van der Waals surface area contributed by atoms with E-state index in [1.165, 1.54) is 0 Å². The molecule has 3 heteroatoms. The smallest absolute Gasteiger partial charge is 0.122 e. The van der Waals surface area contributed by atoms with Gasteiger partial charge in [0.25, 0.3) is 0 Å². The zero-order valence-corrected chi connectivity index (χ0v) is 6.45. The highest BCUT2D eigenvalue weighted by Crippen LogP contribution is 1.98. The maximum Gasteiger partial charge on any atom is 0.122 e. The first-order valence-electron chi connectivity index (χ1n) is 3.50. The first-order valence-corrected chi connectivity index (χ1v) is 3.50. The van der Waals surface area contributed by atoms with E-state index in [4.69, 9.17) is 10.00 Å². The highest BCUT2D eigenvalue weighted by Gasteiger charge is 1.92. The van der Waals surface area contributed by atoms with Crippen molar-refractivity contribution in [3.8, 4) is 6.07 Å². The highest BCUT2D eigenvalue weighted by molar-refractivity contribution is 5.25. The SMILES string of the molecule is CCOCn1ccc(C#N)c1. The van der Waals surface area contributed by atoms with Crippen LogP contribution in [0, 0.1) is 11.3 Å². The molecule has 0 saturated carbocycles. The van der Waals surface area contributed by atoms with E-state index in [0.717, 1.165) is 0 Å². The quantitative estimate of drug-likeness (QED) is 0.652. The lowest BCUT2D eigenvalue weighted by molar-refractivity contribution is 0.0881. The van der Waals surface area contributed by atoms with E-state index in [0.29, 0.717) is 18.9 Å². The molecule has 0 radical (unpaired) electrons. The molecule has 1 rings (SSSR count). The van der Waals surface area contributed by atoms with Crippen LogP contribution in [0.4, 0.5) is 0 Å². The largest absolute Gasteiger partial charge is 0.361 e. The summed E-state index contributed by atoms with van der Waals surface area (Å²) in [7, 11) is 0. The molecule has 0 bridgehead atoms. The molecule has 0 saturated heterocycles. The van der Waals surface area contributed by atoms with Gasteiger partial charge in [-0.05, 0) is 13.0 Å². The standard InChI is InChI=1S/C8H10N2O/c1-2-11-7-10-4-3-8(5-9)6-10/h3-4,6H,2,7H2,1H3. The molecule has 0 aliphatic heterocycles. The number of rotatable bonds is 3. The zero-order chi connectivity index (χ0) is 8.10. The van der Waals surface area contributed by atoms with E-state index in [-0.39, 0.29) is 0 Å². The normalized spacial score (nSPS) is 9.45. The van der Waals surface area contributed by atoms with Crippen molar-refractivity contribution < 1.29 is 4.74 Å². The molecule has 1 aromatic heterocycles. The van der Waals surface area contributed by atoms with Crippen molar-refractivity contribution in [3.05, 3.63) is 24.0 Å². The monoisotopic (exact) mass is 150 g/mol. The van der Waals surface area contributed by atoms with Gasteiger partial charge in [-0.25, -0.2) is 0 Å². The Kier molecular flexibility index (Phi) is 2.70. The van der Waals surface area contributed by atoms with Crippen LogP contribution in [0.2, 0.25) is 0 Å². The molecular formula is C8H10N2O. The molecular weight excluding hydrogens is 140 g/mol. The molecule has 3 nitrogen and oxygen atoms in total. The van der Waals surface area contributed by atoms with Crippen LogP contribution in [0.1, 0.15) is 12.5 Å². The Balaban J connectivity index is 2.53. The summed E-state index contributed by atoms with van der Waals surface area (Å²) in [6, 6.07) is 3.81. The molecule has 0 aliphatic rings. The van der Waals surface area contributed by atoms with Crippen LogP contribution in [-0.4, -0.2) is 11.2 Å².